The van der Waals surface area contributed by atoms with E-state index in [2.05, 4.69) is 9.97 Å². The number of thiazole rings is 1. The Morgan fingerprint density at radius 3 is 3.00 bits per heavy atom. The number of hydrogen-bond acceptors (Lipinski definition) is 6. The van der Waals surface area contributed by atoms with Crippen molar-refractivity contribution in [1.29, 1.82) is 0 Å². The molecule has 1 unspecified atom stereocenters. The van der Waals surface area contributed by atoms with Crippen molar-refractivity contribution in [3.63, 3.8) is 0 Å². The number of nitrogens with zero attached hydrogens (tertiary/aromatic N) is 3. The molecule has 2 aromatic heterocycles. The second-order valence-corrected chi connectivity index (χ2v) is 8.10. The van der Waals surface area contributed by atoms with Crippen molar-refractivity contribution < 1.29 is 14.3 Å². The first-order chi connectivity index (χ1) is 12.6. The molecule has 1 atom stereocenters. The van der Waals surface area contributed by atoms with Crippen molar-refractivity contribution in [3.8, 4) is 0 Å². The quantitative estimate of drug-likeness (QED) is 0.825. The van der Waals surface area contributed by atoms with Crippen molar-refractivity contribution in [3.05, 3.63) is 46.2 Å². The largest absolute Gasteiger partial charge is 0.372 e. The Balaban J connectivity index is 1.28. The zero-order chi connectivity index (χ0) is 18.0. The van der Waals surface area contributed by atoms with Gasteiger partial charge in [-0.25, -0.2) is 4.98 Å². The molecule has 6 nitrogen and oxygen atoms in total. The van der Waals surface area contributed by atoms with E-state index in [-0.39, 0.29) is 17.6 Å². The van der Waals surface area contributed by atoms with Crippen LogP contribution in [0.2, 0.25) is 0 Å². The third-order valence-corrected chi connectivity index (χ3v) is 5.96. The number of ether oxygens (including phenoxy) is 2. The third kappa shape index (κ3) is 3.79. The van der Waals surface area contributed by atoms with Gasteiger partial charge >= 0.3 is 0 Å². The number of carbonyl (C=O) groups is 1. The molecule has 4 heterocycles. The predicted molar refractivity (Wildman–Crippen MR) is 98.1 cm³/mol. The summed E-state index contributed by atoms with van der Waals surface area (Å²) in [5.74, 6) is 0.0339. The van der Waals surface area contributed by atoms with Crippen LogP contribution in [0.4, 0.5) is 0 Å². The van der Waals surface area contributed by atoms with E-state index in [0.29, 0.717) is 32.0 Å². The second-order valence-electron chi connectivity index (χ2n) is 7.04. The highest BCUT2D eigenvalue weighted by Gasteiger charge is 2.44. The van der Waals surface area contributed by atoms with Crippen LogP contribution in [-0.2, 0) is 16.1 Å². The number of aromatic nitrogens is 2. The van der Waals surface area contributed by atoms with Crippen LogP contribution in [0.3, 0.4) is 0 Å². The SMILES string of the molecule is Cc1nc(C(=O)N2CCC3(CC2)CC(OCc2cccnc2)CO3)cs1. The lowest BCUT2D eigenvalue weighted by molar-refractivity contribution is -0.0413. The topological polar surface area (TPSA) is 64.6 Å². The summed E-state index contributed by atoms with van der Waals surface area (Å²) in [7, 11) is 0. The highest BCUT2D eigenvalue weighted by molar-refractivity contribution is 7.09. The molecule has 0 bridgehead atoms. The molecule has 0 saturated carbocycles. The number of piperidine rings is 1. The highest BCUT2D eigenvalue weighted by atomic mass is 32.1. The van der Waals surface area contributed by atoms with E-state index >= 15 is 0 Å². The van der Waals surface area contributed by atoms with Crippen LogP contribution in [0, 0.1) is 6.92 Å². The summed E-state index contributed by atoms with van der Waals surface area (Å²) in [6.07, 6.45) is 6.31. The molecule has 0 aliphatic carbocycles. The Morgan fingerprint density at radius 1 is 1.46 bits per heavy atom. The van der Waals surface area contributed by atoms with Crippen LogP contribution >= 0.6 is 11.3 Å². The number of pyridine rings is 1. The van der Waals surface area contributed by atoms with Gasteiger partial charge in [0, 0.05) is 37.3 Å². The van der Waals surface area contributed by atoms with Crippen molar-refractivity contribution in [2.24, 2.45) is 0 Å². The summed E-state index contributed by atoms with van der Waals surface area (Å²) in [5, 5.41) is 2.77. The highest BCUT2D eigenvalue weighted by Crippen LogP contribution is 2.37. The number of rotatable bonds is 4. The van der Waals surface area contributed by atoms with E-state index in [0.717, 1.165) is 29.8 Å². The van der Waals surface area contributed by atoms with E-state index in [9.17, 15) is 4.79 Å². The zero-order valence-electron chi connectivity index (χ0n) is 14.9. The average Bonchev–Trinajstić information content (AvgIpc) is 3.28. The standard InChI is InChI=1S/C19H23N3O3S/c1-14-21-17(13-26-14)18(23)22-7-4-19(5-8-22)9-16(12-25-19)24-11-15-3-2-6-20-10-15/h2-3,6,10,13,16H,4-5,7-9,11-12H2,1H3. The van der Waals surface area contributed by atoms with Gasteiger partial charge in [0.1, 0.15) is 5.69 Å². The minimum absolute atomic E-state index is 0.0339. The van der Waals surface area contributed by atoms with Gasteiger partial charge in [0.25, 0.3) is 5.91 Å². The van der Waals surface area contributed by atoms with Gasteiger partial charge in [-0.2, -0.15) is 0 Å². The van der Waals surface area contributed by atoms with Gasteiger partial charge < -0.3 is 14.4 Å². The summed E-state index contributed by atoms with van der Waals surface area (Å²) in [6, 6.07) is 3.94. The lowest BCUT2D eigenvalue weighted by atomic mass is 9.88. The molecule has 1 amide bonds. The zero-order valence-corrected chi connectivity index (χ0v) is 15.7. The smallest absolute Gasteiger partial charge is 0.273 e. The van der Waals surface area contributed by atoms with E-state index in [1.807, 2.05) is 35.5 Å². The van der Waals surface area contributed by atoms with Crippen LogP contribution in [-0.4, -0.2) is 52.2 Å². The monoisotopic (exact) mass is 373 g/mol. The van der Waals surface area contributed by atoms with Crippen molar-refractivity contribution in [1.82, 2.24) is 14.9 Å². The van der Waals surface area contributed by atoms with Gasteiger partial charge in [0.05, 0.1) is 29.9 Å². The molecule has 4 rings (SSSR count). The number of carbonyl (C=O) groups excluding carboxylic acids is 1. The first-order valence-electron chi connectivity index (χ1n) is 8.99. The maximum Gasteiger partial charge on any atom is 0.273 e. The lowest BCUT2D eigenvalue weighted by Gasteiger charge is -2.38. The maximum atomic E-state index is 12.5. The van der Waals surface area contributed by atoms with E-state index < -0.39 is 0 Å². The molecule has 2 aromatic rings. The maximum absolute atomic E-state index is 12.5. The number of hydrogen-bond donors (Lipinski definition) is 0. The van der Waals surface area contributed by atoms with E-state index in [1.165, 1.54) is 11.3 Å². The molecule has 1 spiro atoms. The van der Waals surface area contributed by atoms with Crippen LogP contribution in [0.25, 0.3) is 0 Å². The molecular formula is C19H23N3O3S. The fourth-order valence-electron chi connectivity index (χ4n) is 3.70. The summed E-state index contributed by atoms with van der Waals surface area (Å²) in [6.45, 7) is 4.53. The van der Waals surface area contributed by atoms with Gasteiger partial charge in [-0.05, 0) is 31.4 Å². The van der Waals surface area contributed by atoms with Crippen LogP contribution in [0.1, 0.15) is 40.3 Å². The van der Waals surface area contributed by atoms with Crippen LogP contribution in [0.15, 0.2) is 29.9 Å². The molecule has 0 N–H and O–H groups in total. The fraction of sp³-hybridized carbons (Fsp3) is 0.526. The van der Waals surface area contributed by atoms with Crippen LogP contribution in [0.5, 0.6) is 0 Å². The van der Waals surface area contributed by atoms with Gasteiger partial charge in [-0.3, -0.25) is 9.78 Å². The first kappa shape index (κ1) is 17.6. The summed E-state index contributed by atoms with van der Waals surface area (Å²) < 4.78 is 12.1. The fourth-order valence-corrected chi connectivity index (χ4v) is 4.28. The first-order valence-corrected chi connectivity index (χ1v) is 9.87. The molecule has 138 valence electrons. The Morgan fingerprint density at radius 2 is 2.31 bits per heavy atom. The Kier molecular flexibility index (Phi) is 5.02. The average molecular weight is 373 g/mol. The van der Waals surface area contributed by atoms with Gasteiger partial charge in [0.15, 0.2) is 0 Å². The number of likely N-dealkylation sites (tertiary alicyclic amines) is 1. The molecule has 26 heavy (non-hydrogen) atoms. The summed E-state index contributed by atoms with van der Waals surface area (Å²) in [4.78, 5) is 22.9. The van der Waals surface area contributed by atoms with Gasteiger partial charge in [0.2, 0.25) is 0 Å². The molecule has 2 aliphatic rings. The molecule has 2 saturated heterocycles. The Labute approximate surface area is 157 Å². The second kappa shape index (κ2) is 7.42. The van der Waals surface area contributed by atoms with Gasteiger partial charge in [-0.15, -0.1) is 11.3 Å². The Hall–Kier alpha value is -1.83. The van der Waals surface area contributed by atoms with Gasteiger partial charge in [-0.1, -0.05) is 6.07 Å². The normalized spacial score (nSPS) is 22.0. The van der Waals surface area contributed by atoms with E-state index in [1.54, 1.807) is 6.20 Å². The number of aryl methyl sites for hydroxylation is 1. The summed E-state index contributed by atoms with van der Waals surface area (Å²) >= 11 is 1.52. The molecule has 0 aromatic carbocycles. The van der Waals surface area contributed by atoms with Crippen LogP contribution < -0.4 is 0 Å². The summed E-state index contributed by atoms with van der Waals surface area (Å²) in [5.41, 5.74) is 1.50. The minimum atomic E-state index is -0.144. The third-order valence-electron chi connectivity index (χ3n) is 5.18. The van der Waals surface area contributed by atoms with Crippen molar-refractivity contribution in [2.45, 2.75) is 44.5 Å². The lowest BCUT2D eigenvalue weighted by Crippen LogP contribution is -2.46. The molecular weight excluding hydrogens is 350 g/mol. The molecule has 0 radical (unpaired) electrons. The van der Waals surface area contributed by atoms with Crippen molar-refractivity contribution in [2.75, 3.05) is 19.7 Å². The van der Waals surface area contributed by atoms with Crippen molar-refractivity contribution >= 4 is 17.2 Å². The van der Waals surface area contributed by atoms with E-state index in [4.69, 9.17) is 9.47 Å². The Bertz CT molecular complexity index is 756. The number of amides is 1. The minimum Gasteiger partial charge on any atom is -0.372 e. The predicted octanol–water partition coefficient (Wildman–Crippen LogP) is 2.83. The molecule has 2 aliphatic heterocycles. The molecule has 7 heteroatoms. The molecule has 2 fully saturated rings.